The van der Waals surface area contributed by atoms with E-state index in [-0.39, 0.29) is 11.2 Å². The number of nitrogen functional groups attached to an aromatic ring is 1. The Hall–Kier alpha value is -1.61. The molecule has 90 valence electrons. The Bertz CT molecular complexity index is 671. The summed E-state index contributed by atoms with van der Waals surface area (Å²) in [6.07, 6.45) is 0. The summed E-state index contributed by atoms with van der Waals surface area (Å²) in [5, 5.41) is 8.33. The third-order valence-electron chi connectivity index (χ3n) is 2.10. The van der Waals surface area contributed by atoms with E-state index in [2.05, 4.69) is 10.2 Å². The fourth-order valence-corrected chi connectivity index (χ4v) is 2.82. The molecule has 0 aliphatic rings. The molecule has 9 heteroatoms. The molecule has 0 bridgehead atoms. The van der Waals surface area contributed by atoms with Gasteiger partial charge >= 0.3 is 5.69 Å². The van der Waals surface area contributed by atoms with Gasteiger partial charge in [-0.2, -0.15) is 0 Å². The standard InChI is InChI=1S/C8H9N5O2S2/c1-12-4(14)3-5(13(2)8(12)15)16-7-11-10-6(9)17-7/h3H,1-2H3,(H2,9,10). The van der Waals surface area contributed by atoms with Crippen LogP contribution in [0.15, 0.2) is 25.0 Å². The Labute approximate surface area is 104 Å². The van der Waals surface area contributed by atoms with E-state index in [0.717, 1.165) is 4.57 Å². The van der Waals surface area contributed by atoms with Crippen molar-refractivity contribution in [1.29, 1.82) is 0 Å². The van der Waals surface area contributed by atoms with E-state index in [4.69, 9.17) is 5.73 Å². The minimum Gasteiger partial charge on any atom is -0.374 e. The van der Waals surface area contributed by atoms with E-state index < -0.39 is 0 Å². The van der Waals surface area contributed by atoms with Crippen molar-refractivity contribution in [3.8, 4) is 0 Å². The van der Waals surface area contributed by atoms with Gasteiger partial charge in [0.2, 0.25) is 5.13 Å². The highest BCUT2D eigenvalue weighted by atomic mass is 32.2. The molecule has 0 saturated heterocycles. The molecule has 0 aliphatic heterocycles. The Kier molecular flexibility index (Phi) is 3.03. The van der Waals surface area contributed by atoms with Crippen LogP contribution in [0.5, 0.6) is 0 Å². The van der Waals surface area contributed by atoms with Gasteiger partial charge in [-0.1, -0.05) is 11.3 Å². The highest BCUT2D eigenvalue weighted by Crippen LogP contribution is 2.28. The van der Waals surface area contributed by atoms with Crippen molar-refractivity contribution in [3.05, 3.63) is 26.9 Å². The smallest absolute Gasteiger partial charge is 0.331 e. The number of hydrogen-bond acceptors (Lipinski definition) is 7. The summed E-state index contributed by atoms with van der Waals surface area (Å²) in [4.78, 5) is 23.1. The summed E-state index contributed by atoms with van der Waals surface area (Å²) in [6, 6.07) is 1.38. The Morgan fingerprint density at radius 1 is 1.29 bits per heavy atom. The number of hydrogen-bond donors (Lipinski definition) is 1. The monoisotopic (exact) mass is 271 g/mol. The van der Waals surface area contributed by atoms with Crippen LogP contribution in [0.3, 0.4) is 0 Å². The van der Waals surface area contributed by atoms with Crippen LogP contribution in [-0.4, -0.2) is 19.3 Å². The summed E-state index contributed by atoms with van der Waals surface area (Å²) >= 11 is 2.39. The topological polar surface area (TPSA) is 95.8 Å². The highest BCUT2D eigenvalue weighted by molar-refractivity contribution is 8.01. The molecule has 0 amide bonds. The first-order valence-electron chi connectivity index (χ1n) is 4.53. The molecule has 0 aliphatic carbocycles. The fourth-order valence-electron chi connectivity index (χ4n) is 1.16. The lowest BCUT2D eigenvalue weighted by atomic mass is 10.6. The van der Waals surface area contributed by atoms with Crippen LogP contribution < -0.4 is 17.0 Å². The van der Waals surface area contributed by atoms with Crippen LogP contribution in [-0.2, 0) is 14.1 Å². The maximum absolute atomic E-state index is 11.7. The number of nitrogens with two attached hydrogens (primary N) is 1. The summed E-state index contributed by atoms with van der Waals surface area (Å²) in [5.74, 6) is 0. The first-order valence-corrected chi connectivity index (χ1v) is 6.16. The molecule has 2 aromatic rings. The lowest BCUT2D eigenvalue weighted by molar-refractivity contribution is 0.636. The number of rotatable bonds is 2. The first kappa shape index (κ1) is 11.9. The first-order chi connectivity index (χ1) is 7.99. The summed E-state index contributed by atoms with van der Waals surface area (Å²) in [6.45, 7) is 0. The van der Waals surface area contributed by atoms with Gasteiger partial charge in [-0.15, -0.1) is 10.2 Å². The zero-order valence-electron chi connectivity index (χ0n) is 9.08. The van der Waals surface area contributed by atoms with E-state index in [1.165, 1.54) is 40.8 Å². The Balaban J connectivity index is 2.47. The molecular formula is C8H9N5O2S2. The molecule has 2 N–H and O–H groups in total. The maximum atomic E-state index is 11.7. The van der Waals surface area contributed by atoms with Gasteiger partial charge < -0.3 is 5.73 Å². The van der Waals surface area contributed by atoms with Gasteiger partial charge in [0.15, 0.2) is 4.34 Å². The second-order valence-electron chi connectivity index (χ2n) is 3.23. The van der Waals surface area contributed by atoms with Gasteiger partial charge in [-0.05, 0) is 11.8 Å². The van der Waals surface area contributed by atoms with Crippen LogP contribution in [0.2, 0.25) is 0 Å². The molecule has 0 unspecified atom stereocenters. The predicted octanol–water partition coefficient (Wildman–Crippen LogP) is -0.331. The van der Waals surface area contributed by atoms with E-state index in [0.29, 0.717) is 14.5 Å². The normalized spacial score (nSPS) is 10.7. The third-order valence-corrected chi connectivity index (χ3v) is 4.00. The van der Waals surface area contributed by atoms with Crippen molar-refractivity contribution < 1.29 is 0 Å². The predicted molar refractivity (Wildman–Crippen MR) is 65.4 cm³/mol. The summed E-state index contributed by atoms with van der Waals surface area (Å²) in [7, 11) is 3.02. The molecule has 2 aromatic heterocycles. The molecule has 2 rings (SSSR count). The van der Waals surface area contributed by atoms with Gasteiger partial charge in [0.25, 0.3) is 5.56 Å². The highest BCUT2D eigenvalue weighted by Gasteiger charge is 2.10. The van der Waals surface area contributed by atoms with E-state index in [9.17, 15) is 9.59 Å². The van der Waals surface area contributed by atoms with E-state index in [1.807, 2.05) is 0 Å². The van der Waals surface area contributed by atoms with Crippen LogP contribution in [0, 0.1) is 0 Å². The van der Waals surface area contributed by atoms with Crippen molar-refractivity contribution in [3.63, 3.8) is 0 Å². The van der Waals surface area contributed by atoms with Crippen LogP contribution in [0.4, 0.5) is 5.13 Å². The molecule has 0 atom stereocenters. The van der Waals surface area contributed by atoms with E-state index in [1.54, 1.807) is 7.05 Å². The van der Waals surface area contributed by atoms with Crippen molar-refractivity contribution in [2.45, 2.75) is 9.37 Å². The Morgan fingerprint density at radius 3 is 2.59 bits per heavy atom. The average molecular weight is 271 g/mol. The molecule has 0 spiro atoms. The second-order valence-corrected chi connectivity index (χ2v) is 5.51. The van der Waals surface area contributed by atoms with Crippen molar-refractivity contribution in [2.75, 3.05) is 5.73 Å². The number of aromatic nitrogens is 4. The van der Waals surface area contributed by atoms with Crippen LogP contribution in [0.1, 0.15) is 0 Å². The molecular weight excluding hydrogens is 262 g/mol. The van der Waals surface area contributed by atoms with Gasteiger partial charge in [0.1, 0.15) is 0 Å². The molecule has 0 fully saturated rings. The zero-order valence-corrected chi connectivity index (χ0v) is 10.7. The van der Waals surface area contributed by atoms with Crippen LogP contribution >= 0.6 is 23.1 Å². The molecule has 17 heavy (non-hydrogen) atoms. The van der Waals surface area contributed by atoms with Gasteiger partial charge in [0, 0.05) is 20.2 Å². The lowest BCUT2D eigenvalue weighted by Gasteiger charge is -2.06. The quantitative estimate of drug-likeness (QED) is 0.751. The third kappa shape index (κ3) is 2.24. The Morgan fingerprint density at radius 2 is 2.00 bits per heavy atom. The second kappa shape index (κ2) is 4.34. The van der Waals surface area contributed by atoms with Gasteiger partial charge in [0.05, 0.1) is 5.03 Å². The molecule has 2 heterocycles. The number of nitrogens with zero attached hydrogens (tertiary/aromatic N) is 4. The van der Waals surface area contributed by atoms with Crippen LogP contribution in [0.25, 0.3) is 0 Å². The fraction of sp³-hybridized carbons (Fsp3) is 0.250. The lowest BCUT2D eigenvalue weighted by Crippen LogP contribution is -2.36. The molecule has 0 radical (unpaired) electrons. The minimum absolute atomic E-state index is 0.348. The van der Waals surface area contributed by atoms with Crippen molar-refractivity contribution in [2.24, 2.45) is 14.1 Å². The summed E-state index contributed by atoms with van der Waals surface area (Å²) in [5.41, 5.74) is 4.72. The molecule has 0 aromatic carbocycles. The van der Waals surface area contributed by atoms with Gasteiger partial charge in [-0.25, -0.2) is 4.79 Å². The molecule has 7 nitrogen and oxygen atoms in total. The maximum Gasteiger partial charge on any atom is 0.331 e. The van der Waals surface area contributed by atoms with Crippen molar-refractivity contribution in [1.82, 2.24) is 19.3 Å². The SMILES string of the molecule is Cn1c(Sc2nnc(N)s2)cc(=O)n(C)c1=O. The largest absolute Gasteiger partial charge is 0.374 e. The van der Waals surface area contributed by atoms with Crippen molar-refractivity contribution >= 4 is 28.2 Å². The summed E-state index contributed by atoms with van der Waals surface area (Å²) < 4.78 is 3.01. The van der Waals surface area contributed by atoms with E-state index >= 15 is 0 Å². The molecule has 0 saturated carbocycles. The zero-order chi connectivity index (χ0) is 12.6. The number of anilines is 1. The van der Waals surface area contributed by atoms with Gasteiger partial charge in [-0.3, -0.25) is 13.9 Å². The average Bonchev–Trinajstić information content (AvgIpc) is 2.69. The minimum atomic E-state index is -0.377.